The van der Waals surface area contributed by atoms with Crippen LogP contribution in [-0.2, 0) is 14.8 Å². The van der Waals surface area contributed by atoms with Gasteiger partial charge >= 0.3 is 0 Å². The Bertz CT molecular complexity index is 737. The van der Waals surface area contributed by atoms with E-state index in [-0.39, 0.29) is 18.1 Å². The maximum absolute atomic E-state index is 11.9. The minimum atomic E-state index is -3.30. The van der Waals surface area contributed by atoms with E-state index in [1.807, 2.05) is 12.1 Å². The molecule has 0 aliphatic carbocycles. The van der Waals surface area contributed by atoms with Crippen LogP contribution in [0.4, 0.5) is 5.82 Å². The smallest absolute Gasteiger partial charge is 0.243 e. The van der Waals surface area contributed by atoms with Gasteiger partial charge in [0, 0.05) is 11.6 Å². The molecule has 0 saturated carbocycles. The lowest BCUT2D eigenvalue weighted by molar-refractivity contribution is -0.117. The molecule has 3 heterocycles. The van der Waals surface area contributed by atoms with Crippen molar-refractivity contribution in [1.29, 1.82) is 0 Å². The number of aromatic amines is 1. The van der Waals surface area contributed by atoms with E-state index in [4.69, 9.17) is 0 Å². The predicted octanol–water partition coefficient (Wildman–Crippen LogP) is 0.193. The van der Waals surface area contributed by atoms with Gasteiger partial charge in [-0.2, -0.15) is 0 Å². The third-order valence-corrected chi connectivity index (χ3v) is 4.39. The van der Waals surface area contributed by atoms with Crippen LogP contribution >= 0.6 is 0 Å². The zero-order chi connectivity index (χ0) is 13.5. The molecule has 1 atom stereocenters. The standard InChI is InChI=1S/C11H12N4O3S/c16-11(8-4-6-19(17,18)15-8)14-9-2-1-7-3-5-12-10(7)13-9/h1-3,5,8,15H,4,6H2,(H2,12,13,14,16). The molecule has 0 radical (unpaired) electrons. The van der Waals surface area contributed by atoms with E-state index < -0.39 is 16.1 Å². The maximum Gasteiger partial charge on any atom is 0.243 e. The maximum atomic E-state index is 11.9. The number of rotatable bonds is 2. The number of nitrogens with one attached hydrogen (secondary N) is 3. The molecule has 100 valence electrons. The molecule has 7 nitrogen and oxygen atoms in total. The number of aromatic nitrogens is 2. The lowest BCUT2D eigenvalue weighted by Gasteiger charge is -2.09. The van der Waals surface area contributed by atoms with Crippen LogP contribution < -0.4 is 10.0 Å². The number of carbonyl (C=O) groups is 1. The normalized spacial score (nSPS) is 21.6. The van der Waals surface area contributed by atoms with Crippen LogP contribution in [0, 0.1) is 0 Å². The van der Waals surface area contributed by atoms with Crippen LogP contribution in [-0.4, -0.2) is 36.1 Å². The lowest BCUT2D eigenvalue weighted by atomic mass is 10.2. The Labute approximate surface area is 109 Å². The number of amides is 1. The fourth-order valence-electron chi connectivity index (χ4n) is 2.01. The Hall–Kier alpha value is -1.93. The number of carbonyl (C=O) groups excluding carboxylic acids is 1. The van der Waals surface area contributed by atoms with E-state index in [0.717, 1.165) is 5.39 Å². The van der Waals surface area contributed by atoms with Gasteiger partial charge < -0.3 is 10.3 Å². The van der Waals surface area contributed by atoms with Crippen molar-refractivity contribution in [3.8, 4) is 0 Å². The van der Waals surface area contributed by atoms with Crippen LogP contribution in [0.1, 0.15) is 6.42 Å². The van der Waals surface area contributed by atoms with Crippen molar-refractivity contribution in [2.75, 3.05) is 11.1 Å². The molecule has 1 unspecified atom stereocenters. The average molecular weight is 280 g/mol. The highest BCUT2D eigenvalue weighted by atomic mass is 32.2. The van der Waals surface area contributed by atoms with Crippen molar-refractivity contribution in [3.05, 3.63) is 24.4 Å². The van der Waals surface area contributed by atoms with Gasteiger partial charge in [-0.05, 0) is 24.6 Å². The SMILES string of the molecule is O=C(Nc1ccc2cc[nH]c2n1)C1CCS(=O)(=O)N1. The summed E-state index contributed by atoms with van der Waals surface area (Å²) in [5.74, 6) is -0.0145. The molecule has 0 aromatic carbocycles. The molecule has 1 amide bonds. The van der Waals surface area contributed by atoms with Gasteiger partial charge in [0.05, 0.1) is 5.75 Å². The summed E-state index contributed by atoms with van der Waals surface area (Å²) in [7, 11) is -3.30. The second-order valence-corrected chi connectivity index (χ2v) is 6.25. The fourth-order valence-corrected chi connectivity index (χ4v) is 3.33. The van der Waals surface area contributed by atoms with Gasteiger partial charge in [-0.1, -0.05) is 0 Å². The van der Waals surface area contributed by atoms with Gasteiger partial charge in [0.15, 0.2) is 0 Å². The zero-order valence-electron chi connectivity index (χ0n) is 9.88. The number of H-pyrrole nitrogens is 1. The Morgan fingerprint density at radius 1 is 1.37 bits per heavy atom. The molecule has 1 aliphatic rings. The fraction of sp³-hybridized carbons (Fsp3) is 0.273. The molecule has 1 aliphatic heterocycles. The van der Waals surface area contributed by atoms with Crippen LogP contribution in [0.5, 0.6) is 0 Å². The minimum absolute atomic E-state index is 0.0197. The van der Waals surface area contributed by atoms with Gasteiger partial charge in [-0.15, -0.1) is 0 Å². The minimum Gasteiger partial charge on any atom is -0.346 e. The number of hydrogen-bond acceptors (Lipinski definition) is 4. The van der Waals surface area contributed by atoms with Crippen molar-refractivity contribution in [1.82, 2.24) is 14.7 Å². The molecule has 3 N–H and O–H groups in total. The van der Waals surface area contributed by atoms with E-state index >= 15 is 0 Å². The summed E-state index contributed by atoms with van der Waals surface area (Å²) >= 11 is 0. The molecule has 8 heteroatoms. The third kappa shape index (κ3) is 2.45. The number of pyridine rings is 1. The van der Waals surface area contributed by atoms with Gasteiger partial charge in [-0.25, -0.2) is 18.1 Å². The molecular weight excluding hydrogens is 268 g/mol. The molecule has 0 bridgehead atoms. The summed E-state index contributed by atoms with van der Waals surface area (Å²) in [5, 5.41) is 3.55. The van der Waals surface area contributed by atoms with Crippen molar-refractivity contribution in [3.63, 3.8) is 0 Å². The number of nitrogens with zero attached hydrogens (tertiary/aromatic N) is 1. The van der Waals surface area contributed by atoms with E-state index in [9.17, 15) is 13.2 Å². The summed E-state index contributed by atoms with van der Waals surface area (Å²) in [6.07, 6.45) is 2.04. The second kappa shape index (κ2) is 4.32. The van der Waals surface area contributed by atoms with Crippen molar-refractivity contribution < 1.29 is 13.2 Å². The monoisotopic (exact) mass is 280 g/mol. The predicted molar refractivity (Wildman–Crippen MR) is 70.1 cm³/mol. The molecular formula is C11H12N4O3S. The van der Waals surface area contributed by atoms with Crippen molar-refractivity contribution in [2.24, 2.45) is 0 Å². The molecule has 1 saturated heterocycles. The number of sulfonamides is 1. The Balaban J connectivity index is 1.75. The Morgan fingerprint density at radius 3 is 2.95 bits per heavy atom. The van der Waals surface area contributed by atoms with Gasteiger partial charge in [0.25, 0.3) is 0 Å². The molecule has 19 heavy (non-hydrogen) atoms. The highest BCUT2D eigenvalue weighted by molar-refractivity contribution is 7.89. The number of anilines is 1. The summed E-state index contributed by atoms with van der Waals surface area (Å²) < 4.78 is 24.8. The van der Waals surface area contributed by atoms with Crippen LogP contribution in [0.3, 0.4) is 0 Å². The van der Waals surface area contributed by atoms with Gasteiger partial charge in [0.2, 0.25) is 15.9 Å². The zero-order valence-corrected chi connectivity index (χ0v) is 10.7. The molecule has 2 aromatic rings. The van der Waals surface area contributed by atoms with Gasteiger partial charge in [0.1, 0.15) is 17.5 Å². The highest BCUT2D eigenvalue weighted by Crippen LogP contribution is 2.15. The van der Waals surface area contributed by atoms with E-state index in [0.29, 0.717) is 11.5 Å². The van der Waals surface area contributed by atoms with E-state index in [1.165, 1.54) is 0 Å². The second-order valence-electron chi connectivity index (χ2n) is 4.38. The first-order valence-corrected chi connectivity index (χ1v) is 7.44. The first kappa shape index (κ1) is 12.1. The Kier molecular flexibility index (Phi) is 2.76. The number of hydrogen-bond donors (Lipinski definition) is 3. The Morgan fingerprint density at radius 2 is 2.21 bits per heavy atom. The van der Waals surface area contributed by atoms with E-state index in [1.54, 1.807) is 12.3 Å². The first-order chi connectivity index (χ1) is 9.03. The van der Waals surface area contributed by atoms with Crippen LogP contribution in [0.2, 0.25) is 0 Å². The van der Waals surface area contributed by atoms with Crippen molar-refractivity contribution in [2.45, 2.75) is 12.5 Å². The van der Waals surface area contributed by atoms with Gasteiger partial charge in [-0.3, -0.25) is 4.79 Å². The molecule has 2 aromatic heterocycles. The number of fused-ring (bicyclic) bond motifs is 1. The summed E-state index contributed by atoms with van der Waals surface area (Å²) in [4.78, 5) is 19.0. The topological polar surface area (TPSA) is 104 Å². The molecule has 1 fully saturated rings. The van der Waals surface area contributed by atoms with Crippen molar-refractivity contribution >= 4 is 32.8 Å². The highest BCUT2D eigenvalue weighted by Gasteiger charge is 2.32. The quantitative estimate of drug-likeness (QED) is 0.730. The summed E-state index contributed by atoms with van der Waals surface area (Å²) in [6.45, 7) is 0. The lowest BCUT2D eigenvalue weighted by Crippen LogP contribution is -2.37. The average Bonchev–Trinajstić information content (AvgIpc) is 2.94. The summed E-state index contributed by atoms with van der Waals surface area (Å²) in [5.41, 5.74) is 0.671. The summed E-state index contributed by atoms with van der Waals surface area (Å²) in [6, 6.07) is 4.66. The van der Waals surface area contributed by atoms with E-state index in [2.05, 4.69) is 20.0 Å². The third-order valence-electron chi connectivity index (χ3n) is 2.97. The largest absolute Gasteiger partial charge is 0.346 e. The van der Waals surface area contributed by atoms with Crippen LogP contribution in [0.15, 0.2) is 24.4 Å². The molecule has 3 rings (SSSR count). The van der Waals surface area contributed by atoms with Crippen LogP contribution in [0.25, 0.3) is 11.0 Å². The first-order valence-electron chi connectivity index (χ1n) is 5.78. The molecule has 0 spiro atoms.